The predicted octanol–water partition coefficient (Wildman–Crippen LogP) is 2.24. The highest BCUT2D eigenvalue weighted by Gasteiger charge is 2.48. The lowest BCUT2D eigenvalue weighted by molar-refractivity contribution is -0.172. The van der Waals surface area contributed by atoms with Crippen LogP contribution in [-0.2, 0) is 15.7 Å². The molecule has 0 saturated carbocycles. The highest BCUT2D eigenvalue weighted by atomic mass is 19.4. The first kappa shape index (κ1) is 16.2. The molecule has 2 saturated heterocycles. The standard InChI is InChI=1S/C15H18F3N3O2/c1-2-14(8-23-9-14)13(22)21-6-4-10(7-21)12-19-5-3-11(20-12)15(16,17)18/h3,5,10H,2,4,6-9H2,1H3. The van der Waals surface area contributed by atoms with E-state index in [0.29, 0.717) is 39.1 Å². The molecule has 2 aliphatic heterocycles. The lowest BCUT2D eigenvalue weighted by atomic mass is 9.81. The summed E-state index contributed by atoms with van der Waals surface area (Å²) in [5.74, 6) is -0.0672. The Morgan fingerprint density at radius 2 is 2.22 bits per heavy atom. The van der Waals surface area contributed by atoms with Crippen molar-refractivity contribution in [1.29, 1.82) is 0 Å². The molecule has 1 atom stereocenters. The van der Waals surface area contributed by atoms with Crippen LogP contribution in [-0.4, -0.2) is 47.1 Å². The minimum absolute atomic E-state index is 0.0284. The van der Waals surface area contributed by atoms with Gasteiger partial charge in [-0.05, 0) is 18.9 Å². The Balaban J connectivity index is 1.72. The number of halogens is 3. The van der Waals surface area contributed by atoms with Gasteiger partial charge in [-0.2, -0.15) is 13.2 Å². The maximum absolute atomic E-state index is 12.7. The van der Waals surface area contributed by atoms with E-state index in [1.54, 1.807) is 4.90 Å². The third-order valence-electron chi connectivity index (χ3n) is 4.69. The second-order valence-electron chi connectivity index (χ2n) is 6.16. The number of likely N-dealkylation sites (tertiary alicyclic amines) is 1. The summed E-state index contributed by atoms with van der Waals surface area (Å²) in [5, 5.41) is 0. The summed E-state index contributed by atoms with van der Waals surface area (Å²) in [7, 11) is 0. The van der Waals surface area contributed by atoms with E-state index in [1.165, 1.54) is 0 Å². The molecule has 0 spiro atoms. The van der Waals surface area contributed by atoms with Crippen LogP contribution in [0, 0.1) is 5.41 Å². The molecule has 0 bridgehead atoms. The van der Waals surface area contributed by atoms with Crippen LogP contribution in [0.5, 0.6) is 0 Å². The second kappa shape index (κ2) is 5.74. The Hall–Kier alpha value is -1.70. The van der Waals surface area contributed by atoms with Crippen LogP contribution in [0.25, 0.3) is 0 Å². The van der Waals surface area contributed by atoms with Crippen molar-refractivity contribution in [1.82, 2.24) is 14.9 Å². The summed E-state index contributed by atoms with van der Waals surface area (Å²) >= 11 is 0. The zero-order chi connectivity index (χ0) is 16.7. The second-order valence-corrected chi connectivity index (χ2v) is 6.16. The third-order valence-corrected chi connectivity index (χ3v) is 4.69. The number of rotatable bonds is 3. The van der Waals surface area contributed by atoms with Gasteiger partial charge in [0.25, 0.3) is 0 Å². The van der Waals surface area contributed by atoms with Crippen molar-refractivity contribution < 1.29 is 22.7 Å². The molecule has 1 unspecified atom stereocenters. The molecule has 23 heavy (non-hydrogen) atoms. The Bertz CT molecular complexity index is 596. The SMILES string of the molecule is CCC1(C(=O)N2CCC(c3nccc(C(F)(F)F)n3)C2)COC1. The van der Waals surface area contributed by atoms with Gasteiger partial charge in [0.05, 0.1) is 18.6 Å². The van der Waals surface area contributed by atoms with E-state index in [0.717, 1.165) is 12.3 Å². The van der Waals surface area contributed by atoms with Crippen LogP contribution < -0.4 is 0 Å². The normalized spacial score (nSPS) is 23.7. The van der Waals surface area contributed by atoms with E-state index in [4.69, 9.17) is 4.74 Å². The predicted molar refractivity (Wildman–Crippen MR) is 74.5 cm³/mol. The summed E-state index contributed by atoms with van der Waals surface area (Å²) in [6.45, 7) is 3.67. The first-order valence-corrected chi connectivity index (χ1v) is 7.63. The first-order chi connectivity index (χ1) is 10.9. The fraction of sp³-hybridized carbons (Fsp3) is 0.667. The molecular weight excluding hydrogens is 311 g/mol. The Labute approximate surface area is 131 Å². The maximum atomic E-state index is 12.7. The van der Waals surface area contributed by atoms with Gasteiger partial charge in [-0.1, -0.05) is 6.92 Å². The van der Waals surface area contributed by atoms with Crippen molar-refractivity contribution in [3.05, 3.63) is 23.8 Å². The molecule has 1 aromatic heterocycles. The van der Waals surface area contributed by atoms with Gasteiger partial charge < -0.3 is 9.64 Å². The van der Waals surface area contributed by atoms with Gasteiger partial charge in [0, 0.05) is 25.2 Å². The summed E-state index contributed by atoms with van der Waals surface area (Å²) < 4.78 is 43.4. The number of aromatic nitrogens is 2. The van der Waals surface area contributed by atoms with Gasteiger partial charge >= 0.3 is 6.18 Å². The fourth-order valence-corrected chi connectivity index (χ4v) is 3.05. The molecule has 8 heteroatoms. The fourth-order valence-electron chi connectivity index (χ4n) is 3.05. The van der Waals surface area contributed by atoms with E-state index < -0.39 is 17.3 Å². The lowest BCUT2D eigenvalue weighted by Gasteiger charge is -2.41. The number of carbonyl (C=O) groups excluding carboxylic acids is 1. The van der Waals surface area contributed by atoms with Gasteiger partial charge in [-0.15, -0.1) is 0 Å². The third kappa shape index (κ3) is 2.91. The largest absolute Gasteiger partial charge is 0.433 e. The van der Waals surface area contributed by atoms with Crippen LogP contribution in [0.4, 0.5) is 13.2 Å². The summed E-state index contributed by atoms with van der Waals surface area (Å²) in [6.07, 6.45) is -2.08. The minimum Gasteiger partial charge on any atom is -0.379 e. The Morgan fingerprint density at radius 3 is 2.78 bits per heavy atom. The van der Waals surface area contributed by atoms with Crippen molar-refractivity contribution in [3.63, 3.8) is 0 Å². The number of alkyl halides is 3. The molecule has 1 aromatic rings. The van der Waals surface area contributed by atoms with Crippen LogP contribution in [0.2, 0.25) is 0 Å². The topological polar surface area (TPSA) is 55.3 Å². The molecule has 0 radical (unpaired) electrons. The van der Waals surface area contributed by atoms with E-state index in [2.05, 4.69) is 9.97 Å². The monoisotopic (exact) mass is 329 g/mol. The van der Waals surface area contributed by atoms with Crippen molar-refractivity contribution in [2.75, 3.05) is 26.3 Å². The smallest absolute Gasteiger partial charge is 0.379 e. The van der Waals surface area contributed by atoms with Crippen LogP contribution in [0.3, 0.4) is 0 Å². The number of carbonyl (C=O) groups is 1. The van der Waals surface area contributed by atoms with Gasteiger partial charge in [0.1, 0.15) is 11.5 Å². The summed E-state index contributed by atoms with van der Waals surface area (Å²) in [5.41, 5.74) is -1.39. The number of ether oxygens (including phenoxy) is 1. The van der Waals surface area contributed by atoms with Crippen molar-refractivity contribution in [2.45, 2.75) is 31.9 Å². The van der Waals surface area contributed by atoms with Crippen molar-refractivity contribution >= 4 is 5.91 Å². The molecule has 2 fully saturated rings. The number of amides is 1. The number of nitrogens with zero attached hydrogens (tertiary/aromatic N) is 3. The molecule has 3 heterocycles. The minimum atomic E-state index is -4.48. The van der Waals surface area contributed by atoms with Crippen LogP contribution in [0.1, 0.15) is 37.2 Å². The molecule has 1 amide bonds. The van der Waals surface area contributed by atoms with Gasteiger partial charge in [0.15, 0.2) is 0 Å². The van der Waals surface area contributed by atoms with E-state index in [9.17, 15) is 18.0 Å². The van der Waals surface area contributed by atoms with E-state index >= 15 is 0 Å². The highest BCUT2D eigenvalue weighted by Crippen LogP contribution is 2.36. The van der Waals surface area contributed by atoms with Crippen LogP contribution in [0.15, 0.2) is 12.3 Å². The average molecular weight is 329 g/mol. The van der Waals surface area contributed by atoms with Gasteiger partial charge in [0.2, 0.25) is 5.91 Å². The van der Waals surface area contributed by atoms with Crippen LogP contribution >= 0.6 is 0 Å². The molecule has 2 aliphatic rings. The van der Waals surface area contributed by atoms with E-state index in [1.807, 2.05) is 6.92 Å². The highest BCUT2D eigenvalue weighted by molar-refractivity contribution is 5.84. The lowest BCUT2D eigenvalue weighted by Crippen LogP contribution is -2.54. The average Bonchev–Trinajstić information content (AvgIpc) is 2.95. The summed E-state index contributed by atoms with van der Waals surface area (Å²) in [6, 6.07) is 0.860. The number of hydrogen-bond donors (Lipinski definition) is 0. The Kier molecular flexibility index (Phi) is 4.03. The van der Waals surface area contributed by atoms with Crippen molar-refractivity contribution in [2.24, 2.45) is 5.41 Å². The molecule has 0 aromatic carbocycles. The first-order valence-electron chi connectivity index (χ1n) is 7.63. The van der Waals surface area contributed by atoms with E-state index in [-0.39, 0.29) is 17.6 Å². The maximum Gasteiger partial charge on any atom is 0.433 e. The molecule has 5 nitrogen and oxygen atoms in total. The molecule has 0 aliphatic carbocycles. The Morgan fingerprint density at radius 1 is 1.48 bits per heavy atom. The summed E-state index contributed by atoms with van der Waals surface area (Å²) in [4.78, 5) is 21.9. The van der Waals surface area contributed by atoms with Gasteiger partial charge in [-0.25, -0.2) is 9.97 Å². The van der Waals surface area contributed by atoms with Gasteiger partial charge in [-0.3, -0.25) is 4.79 Å². The quantitative estimate of drug-likeness (QED) is 0.853. The molecule has 3 rings (SSSR count). The molecular formula is C15H18F3N3O2. The molecule has 126 valence electrons. The molecule has 0 N–H and O–H groups in total. The number of hydrogen-bond acceptors (Lipinski definition) is 4. The zero-order valence-corrected chi connectivity index (χ0v) is 12.8. The zero-order valence-electron chi connectivity index (χ0n) is 12.8. The van der Waals surface area contributed by atoms with Crippen molar-refractivity contribution in [3.8, 4) is 0 Å².